The molecule has 0 heteroatoms. The van der Waals surface area contributed by atoms with Crippen LogP contribution in [0.2, 0.25) is 0 Å². The van der Waals surface area contributed by atoms with Crippen molar-refractivity contribution >= 4 is 0 Å². The summed E-state index contributed by atoms with van der Waals surface area (Å²) in [6.45, 7) is 9.20. The van der Waals surface area contributed by atoms with Crippen LogP contribution in [0.1, 0.15) is 71.6 Å². The SMILES string of the molecule is C=C[C@H]1CCC2C3CCC4=C(CCC(C)C4)C3CCC21C. The second-order valence-corrected chi connectivity index (χ2v) is 8.86. The summed E-state index contributed by atoms with van der Waals surface area (Å²) in [4.78, 5) is 0. The van der Waals surface area contributed by atoms with Gasteiger partial charge in [-0.2, -0.15) is 0 Å². The molecule has 0 nitrogen and oxygen atoms in total. The summed E-state index contributed by atoms with van der Waals surface area (Å²) in [7, 11) is 0. The van der Waals surface area contributed by atoms with Crippen LogP contribution in [0.3, 0.4) is 0 Å². The summed E-state index contributed by atoms with van der Waals surface area (Å²) >= 11 is 0. The van der Waals surface area contributed by atoms with Crippen LogP contribution in [0, 0.1) is 35.0 Å². The van der Waals surface area contributed by atoms with E-state index >= 15 is 0 Å². The van der Waals surface area contributed by atoms with Crippen molar-refractivity contribution in [3.63, 3.8) is 0 Å². The Morgan fingerprint density at radius 1 is 1.10 bits per heavy atom. The molecule has 0 bridgehead atoms. The van der Waals surface area contributed by atoms with E-state index in [0.717, 1.165) is 29.6 Å². The fourth-order valence-electron chi connectivity index (χ4n) is 6.83. The minimum absolute atomic E-state index is 0.586. The van der Waals surface area contributed by atoms with Crippen molar-refractivity contribution in [3.8, 4) is 0 Å². The van der Waals surface area contributed by atoms with Gasteiger partial charge in [0, 0.05) is 0 Å². The van der Waals surface area contributed by atoms with Crippen LogP contribution in [-0.4, -0.2) is 0 Å². The number of fused-ring (bicyclic) bond motifs is 4. The first kappa shape index (κ1) is 14.1. The third-order valence-corrected chi connectivity index (χ3v) is 7.98. The zero-order valence-corrected chi connectivity index (χ0v) is 14.0. The van der Waals surface area contributed by atoms with Gasteiger partial charge >= 0.3 is 0 Å². The molecule has 0 amide bonds. The van der Waals surface area contributed by atoms with E-state index in [0.29, 0.717) is 5.41 Å². The molecule has 0 N–H and O–H groups in total. The van der Waals surface area contributed by atoms with Crippen LogP contribution < -0.4 is 0 Å². The smallest absolute Gasteiger partial charge is 0.0169 e. The Morgan fingerprint density at radius 3 is 2.76 bits per heavy atom. The Hall–Kier alpha value is -0.520. The van der Waals surface area contributed by atoms with Gasteiger partial charge in [0.25, 0.3) is 0 Å². The molecule has 0 saturated heterocycles. The van der Waals surface area contributed by atoms with Crippen molar-refractivity contribution in [1.29, 1.82) is 0 Å². The molecule has 2 fully saturated rings. The summed E-state index contributed by atoms with van der Waals surface area (Å²) in [6.07, 6.45) is 15.4. The van der Waals surface area contributed by atoms with E-state index in [9.17, 15) is 0 Å². The highest BCUT2D eigenvalue weighted by Crippen LogP contribution is 2.63. The van der Waals surface area contributed by atoms with Crippen LogP contribution in [0.15, 0.2) is 23.8 Å². The van der Waals surface area contributed by atoms with Gasteiger partial charge in [-0.1, -0.05) is 31.1 Å². The minimum atomic E-state index is 0.586. The van der Waals surface area contributed by atoms with E-state index in [4.69, 9.17) is 0 Å². The van der Waals surface area contributed by atoms with Crippen molar-refractivity contribution in [3.05, 3.63) is 23.8 Å². The molecule has 4 rings (SSSR count). The highest BCUT2D eigenvalue weighted by molar-refractivity contribution is 5.27. The Labute approximate surface area is 131 Å². The maximum absolute atomic E-state index is 4.15. The molecule has 0 radical (unpaired) electrons. The van der Waals surface area contributed by atoms with E-state index in [-0.39, 0.29) is 0 Å². The maximum Gasteiger partial charge on any atom is -0.0169 e. The summed E-state index contributed by atoms with van der Waals surface area (Å²) in [5.41, 5.74) is 4.44. The largest absolute Gasteiger partial charge is 0.103 e. The van der Waals surface area contributed by atoms with Gasteiger partial charge in [0.15, 0.2) is 0 Å². The van der Waals surface area contributed by atoms with E-state index in [1.54, 1.807) is 0 Å². The summed E-state index contributed by atoms with van der Waals surface area (Å²) in [5, 5.41) is 0. The predicted molar refractivity (Wildman–Crippen MR) is 90.0 cm³/mol. The fraction of sp³-hybridized carbons (Fsp3) is 0.810. The van der Waals surface area contributed by atoms with E-state index in [1.165, 1.54) is 57.8 Å². The monoisotopic (exact) mass is 284 g/mol. The van der Waals surface area contributed by atoms with Crippen molar-refractivity contribution < 1.29 is 0 Å². The van der Waals surface area contributed by atoms with Gasteiger partial charge in [0.05, 0.1) is 0 Å². The second-order valence-electron chi connectivity index (χ2n) is 8.86. The lowest BCUT2D eigenvalue weighted by Crippen LogP contribution is -2.43. The summed E-state index contributed by atoms with van der Waals surface area (Å²) in [5.74, 6) is 4.73. The summed E-state index contributed by atoms with van der Waals surface area (Å²) in [6, 6.07) is 0. The van der Waals surface area contributed by atoms with Gasteiger partial charge in [-0.05, 0) is 92.8 Å². The molecule has 0 aromatic carbocycles. The molecule has 0 spiro atoms. The van der Waals surface area contributed by atoms with Gasteiger partial charge in [0.2, 0.25) is 0 Å². The van der Waals surface area contributed by atoms with E-state index < -0.39 is 0 Å². The molecule has 5 unspecified atom stereocenters. The fourth-order valence-corrected chi connectivity index (χ4v) is 6.83. The second kappa shape index (κ2) is 5.00. The average Bonchev–Trinajstić information content (AvgIpc) is 2.83. The van der Waals surface area contributed by atoms with Crippen LogP contribution in [0.25, 0.3) is 0 Å². The van der Waals surface area contributed by atoms with Gasteiger partial charge in [-0.15, -0.1) is 6.58 Å². The van der Waals surface area contributed by atoms with Crippen LogP contribution in [0.5, 0.6) is 0 Å². The Bertz CT molecular complexity index is 470. The standard InChI is InChI=1S/C21H32/c1-4-16-7-10-20-19-9-6-15-13-14(2)5-8-17(15)18(19)11-12-21(16,20)3/h4,14,16,18-20H,1,5-13H2,2-3H3/t14?,16-,18?,19?,20?,21?/m0/s1. The van der Waals surface area contributed by atoms with Crippen molar-refractivity contribution in [1.82, 2.24) is 0 Å². The zero-order chi connectivity index (χ0) is 14.6. The van der Waals surface area contributed by atoms with Gasteiger partial charge < -0.3 is 0 Å². The van der Waals surface area contributed by atoms with Gasteiger partial charge in [0.1, 0.15) is 0 Å². The molecule has 116 valence electrons. The topological polar surface area (TPSA) is 0 Å². The molecular weight excluding hydrogens is 252 g/mol. The molecule has 0 heterocycles. The number of hydrogen-bond acceptors (Lipinski definition) is 0. The molecule has 4 aliphatic carbocycles. The van der Waals surface area contributed by atoms with Gasteiger partial charge in [-0.25, -0.2) is 0 Å². The number of allylic oxidation sites excluding steroid dienone is 3. The first-order chi connectivity index (χ1) is 10.1. The highest BCUT2D eigenvalue weighted by Gasteiger charge is 2.54. The Balaban J connectivity index is 1.63. The first-order valence-corrected chi connectivity index (χ1v) is 9.47. The Morgan fingerprint density at radius 2 is 1.95 bits per heavy atom. The summed E-state index contributed by atoms with van der Waals surface area (Å²) < 4.78 is 0. The van der Waals surface area contributed by atoms with Crippen molar-refractivity contribution in [2.24, 2.45) is 35.0 Å². The quantitative estimate of drug-likeness (QED) is 0.507. The predicted octanol–water partition coefficient (Wildman–Crippen LogP) is 6.14. The maximum atomic E-state index is 4.15. The molecule has 0 aromatic rings. The third-order valence-electron chi connectivity index (χ3n) is 7.98. The van der Waals surface area contributed by atoms with E-state index in [1.807, 2.05) is 11.1 Å². The Kier molecular flexibility index (Phi) is 3.36. The first-order valence-electron chi connectivity index (χ1n) is 9.47. The van der Waals surface area contributed by atoms with E-state index in [2.05, 4.69) is 26.5 Å². The normalized spacial score (nSPS) is 49.3. The highest BCUT2D eigenvalue weighted by atomic mass is 14.6. The van der Waals surface area contributed by atoms with Crippen LogP contribution >= 0.6 is 0 Å². The average molecular weight is 284 g/mol. The molecular formula is C21H32. The van der Waals surface area contributed by atoms with Crippen LogP contribution in [-0.2, 0) is 0 Å². The molecule has 21 heavy (non-hydrogen) atoms. The lowest BCUT2D eigenvalue weighted by molar-refractivity contribution is 0.0236. The lowest BCUT2D eigenvalue weighted by atomic mass is 9.53. The zero-order valence-electron chi connectivity index (χ0n) is 14.0. The minimum Gasteiger partial charge on any atom is -0.103 e. The molecule has 4 aliphatic rings. The van der Waals surface area contributed by atoms with Crippen LogP contribution in [0.4, 0.5) is 0 Å². The molecule has 0 aromatic heterocycles. The van der Waals surface area contributed by atoms with Gasteiger partial charge in [-0.3, -0.25) is 0 Å². The molecule has 0 aliphatic heterocycles. The number of rotatable bonds is 1. The molecule has 2 saturated carbocycles. The number of hydrogen-bond donors (Lipinski definition) is 0. The van der Waals surface area contributed by atoms with Crippen molar-refractivity contribution in [2.45, 2.75) is 71.6 Å². The molecule has 6 atom stereocenters. The lowest BCUT2D eigenvalue weighted by Gasteiger charge is -2.52. The third kappa shape index (κ3) is 2.01. The van der Waals surface area contributed by atoms with Crippen molar-refractivity contribution in [2.75, 3.05) is 0 Å².